The summed E-state index contributed by atoms with van der Waals surface area (Å²) in [6.45, 7) is 0.246. The second-order valence-electron chi connectivity index (χ2n) is 8.29. The number of alkyl halides is 2. The van der Waals surface area contributed by atoms with Gasteiger partial charge in [-0.2, -0.15) is 5.26 Å². The van der Waals surface area contributed by atoms with Crippen LogP contribution in [0.25, 0.3) is 22.0 Å². The Labute approximate surface area is 200 Å². The van der Waals surface area contributed by atoms with Crippen molar-refractivity contribution < 1.29 is 18.4 Å². The summed E-state index contributed by atoms with van der Waals surface area (Å²) in [5, 5.41) is 13.2. The average Bonchev–Trinajstić information content (AvgIpc) is 3.13. The average molecular weight is 483 g/mol. The van der Waals surface area contributed by atoms with Crippen LogP contribution >= 0.6 is 11.6 Å². The maximum atomic E-state index is 14.0. The molecule has 3 aromatic rings. The van der Waals surface area contributed by atoms with Gasteiger partial charge in [0.2, 0.25) is 5.91 Å². The van der Waals surface area contributed by atoms with Crippen molar-refractivity contribution in [3.63, 3.8) is 0 Å². The number of nitriles is 1. The number of rotatable bonds is 5. The van der Waals surface area contributed by atoms with Gasteiger partial charge in [-0.25, -0.2) is 8.78 Å². The lowest BCUT2D eigenvalue weighted by atomic mass is 9.94. The molecule has 2 aromatic carbocycles. The summed E-state index contributed by atoms with van der Waals surface area (Å²) in [6, 6.07) is 16.2. The number of carbonyl (C=O) groups is 2. The summed E-state index contributed by atoms with van der Waals surface area (Å²) in [6.07, 6.45) is 0.843. The molecule has 1 aliphatic rings. The monoisotopic (exact) mass is 482 g/mol. The summed E-state index contributed by atoms with van der Waals surface area (Å²) in [5.41, 5.74) is 1.05. The normalized spacial score (nSPS) is 19.1. The predicted molar refractivity (Wildman–Crippen MR) is 124 cm³/mol. The van der Waals surface area contributed by atoms with Crippen molar-refractivity contribution in [3.05, 3.63) is 65.3 Å². The molecule has 0 aliphatic carbocycles. The fourth-order valence-electron chi connectivity index (χ4n) is 4.30. The molecule has 1 atom stereocenters. The third-order valence-corrected chi connectivity index (χ3v) is 6.37. The van der Waals surface area contributed by atoms with E-state index in [1.54, 1.807) is 25.1 Å². The maximum absolute atomic E-state index is 14.0. The molecule has 1 aliphatic heterocycles. The standard InChI is InChI=1S/C25H21ClF2N4O2/c1-2-24(14-29)13-25(27,28)15-32(24)22(33)12-31-23(34)19-9-10-30-21-8-5-17(11-20(19)21)16-3-6-18(26)7-4-16/h3-11H,2,12-13,15H2,1H3,(H,31,34). The Morgan fingerprint density at radius 2 is 1.88 bits per heavy atom. The van der Waals surface area contributed by atoms with Crippen LogP contribution in [0.4, 0.5) is 8.78 Å². The third-order valence-electron chi connectivity index (χ3n) is 6.12. The highest BCUT2D eigenvalue weighted by molar-refractivity contribution is 6.30. The van der Waals surface area contributed by atoms with Crippen molar-refractivity contribution in [1.82, 2.24) is 15.2 Å². The van der Waals surface area contributed by atoms with Gasteiger partial charge in [0, 0.05) is 23.0 Å². The Morgan fingerprint density at radius 3 is 2.56 bits per heavy atom. The van der Waals surface area contributed by atoms with Crippen molar-refractivity contribution in [3.8, 4) is 17.2 Å². The van der Waals surface area contributed by atoms with Crippen molar-refractivity contribution >= 4 is 34.3 Å². The van der Waals surface area contributed by atoms with Gasteiger partial charge in [-0.3, -0.25) is 14.6 Å². The fraction of sp³-hybridized carbons (Fsp3) is 0.280. The fourth-order valence-corrected chi connectivity index (χ4v) is 4.42. The van der Waals surface area contributed by atoms with Crippen LogP contribution in [0.2, 0.25) is 5.02 Å². The number of aromatic nitrogens is 1. The highest BCUT2D eigenvalue weighted by Gasteiger charge is 2.56. The molecule has 1 saturated heterocycles. The Morgan fingerprint density at radius 1 is 1.18 bits per heavy atom. The van der Waals surface area contributed by atoms with Crippen molar-refractivity contribution in [2.75, 3.05) is 13.1 Å². The molecule has 0 saturated carbocycles. The molecule has 4 rings (SSSR count). The molecule has 34 heavy (non-hydrogen) atoms. The van der Waals surface area contributed by atoms with E-state index in [9.17, 15) is 23.6 Å². The van der Waals surface area contributed by atoms with E-state index < -0.39 is 42.8 Å². The van der Waals surface area contributed by atoms with E-state index >= 15 is 0 Å². The first-order chi connectivity index (χ1) is 16.2. The van der Waals surface area contributed by atoms with E-state index in [-0.39, 0.29) is 6.42 Å². The van der Waals surface area contributed by atoms with E-state index in [1.807, 2.05) is 30.3 Å². The van der Waals surface area contributed by atoms with Gasteiger partial charge in [0.05, 0.1) is 30.2 Å². The molecule has 2 heterocycles. The van der Waals surface area contributed by atoms with Gasteiger partial charge in [-0.05, 0) is 47.9 Å². The molecule has 0 bridgehead atoms. The van der Waals surface area contributed by atoms with Crippen molar-refractivity contribution in [2.45, 2.75) is 31.2 Å². The van der Waals surface area contributed by atoms with Crippen LogP contribution < -0.4 is 5.32 Å². The lowest BCUT2D eigenvalue weighted by Crippen LogP contribution is -2.49. The minimum Gasteiger partial charge on any atom is -0.343 e. The number of hydrogen-bond donors (Lipinski definition) is 1. The first kappa shape index (κ1) is 23.6. The van der Waals surface area contributed by atoms with Crippen LogP contribution in [0, 0.1) is 11.3 Å². The van der Waals surface area contributed by atoms with E-state index in [2.05, 4.69) is 10.3 Å². The van der Waals surface area contributed by atoms with Gasteiger partial charge < -0.3 is 10.2 Å². The largest absolute Gasteiger partial charge is 0.343 e. The number of nitrogens with one attached hydrogen (secondary N) is 1. The lowest BCUT2D eigenvalue weighted by molar-refractivity contribution is -0.133. The van der Waals surface area contributed by atoms with E-state index in [1.165, 1.54) is 12.3 Å². The zero-order valence-corrected chi connectivity index (χ0v) is 19.1. The van der Waals surface area contributed by atoms with Gasteiger partial charge in [0.1, 0.15) is 5.54 Å². The Bertz CT molecular complexity index is 1310. The molecular weight excluding hydrogens is 462 g/mol. The van der Waals surface area contributed by atoms with Crippen molar-refractivity contribution in [1.29, 1.82) is 5.26 Å². The number of halogens is 3. The Balaban J connectivity index is 1.56. The molecule has 9 heteroatoms. The number of likely N-dealkylation sites (tertiary alicyclic amines) is 1. The van der Waals surface area contributed by atoms with Crippen LogP contribution in [-0.2, 0) is 4.79 Å². The number of amides is 2. The van der Waals surface area contributed by atoms with Crippen LogP contribution in [0.15, 0.2) is 54.7 Å². The lowest BCUT2D eigenvalue weighted by Gasteiger charge is -2.30. The summed E-state index contributed by atoms with van der Waals surface area (Å²) in [7, 11) is 0. The SMILES string of the molecule is CCC1(C#N)CC(F)(F)CN1C(=O)CNC(=O)c1ccnc2ccc(-c3ccc(Cl)cc3)cc12. The number of carbonyl (C=O) groups excluding carboxylic acids is 2. The summed E-state index contributed by atoms with van der Waals surface area (Å²) < 4.78 is 28.0. The number of pyridine rings is 1. The molecule has 0 radical (unpaired) electrons. The maximum Gasteiger partial charge on any atom is 0.268 e. The van der Waals surface area contributed by atoms with E-state index in [0.717, 1.165) is 16.0 Å². The topological polar surface area (TPSA) is 86.1 Å². The zero-order chi connectivity index (χ0) is 24.5. The first-order valence-electron chi connectivity index (χ1n) is 10.7. The first-order valence-corrected chi connectivity index (χ1v) is 11.1. The molecule has 0 spiro atoms. The second-order valence-corrected chi connectivity index (χ2v) is 8.73. The Hall–Kier alpha value is -3.57. The molecule has 2 amide bonds. The number of nitrogens with zero attached hydrogens (tertiary/aromatic N) is 3. The third kappa shape index (κ3) is 4.44. The van der Waals surface area contributed by atoms with Gasteiger partial charge in [-0.15, -0.1) is 0 Å². The van der Waals surface area contributed by atoms with E-state index in [4.69, 9.17) is 11.6 Å². The van der Waals surface area contributed by atoms with Gasteiger partial charge in [0.15, 0.2) is 0 Å². The molecule has 1 N–H and O–H groups in total. The van der Waals surface area contributed by atoms with E-state index in [0.29, 0.717) is 21.5 Å². The predicted octanol–water partition coefficient (Wildman–Crippen LogP) is 4.82. The van der Waals surface area contributed by atoms with Gasteiger partial charge in [-0.1, -0.05) is 36.7 Å². The number of benzene rings is 2. The van der Waals surface area contributed by atoms with Crippen LogP contribution in [-0.4, -0.2) is 46.2 Å². The van der Waals surface area contributed by atoms with Gasteiger partial charge >= 0.3 is 0 Å². The summed E-state index contributed by atoms with van der Waals surface area (Å²) >= 11 is 5.97. The highest BCUT2D eigenvalue weighted by atomic mass is 35.5. The van der Waals surface area contributed by atoms with Crippen molar-refractivity contribution in [2.24, 2.45) is 0 Å². The van der Waals surface area contributed by atoms with Crippen LogP contribution in [0.5, 0.6) is 0 Å². The molecule has 174 valence electrons. The molecule has 6 nitrogen and oxygen atoms in total. The molecule has 1 fully saturated rings. The molecule has 1 unspecified atom stereocenters. The molecule has 1 aromatic heterocycles. The quantitative estimate of drug-likeness (QED) is 0.564. The molecular formula is C25H21ClF2N4O2. The zero-order valence-electron chi connectivity index (χ0n) is 18.3. The highest BCUT2D eigenvalue weighted by Crippen LogP contribution is 2.41. The summed E-state index contributed by atoms with van der Waals surface area (Å²) in [5.74, 6) is -4.42. The summed E-state index contributed by atoms with van der Waals surface area (Å²) in [4.78, 5) is 30.9. The Kier molecular flexibility index (Phi) is 6.24. The number of hydrogen-bond acceptors (Lipinski definition) is 4. The smallest absolute Gasteiger partial charge is 0.268 e. The second kappa shape index (κ2) is 8.99. The minimum atomic E-state index is -3.15. The van der Waals surface area contributed by atoms with Crippen LogP contribution in [0.1, 0.15) is 30.1 Å². The minimum absolute atomic E-state index is 0.0707. The van der Waals surface area contributed by atoms with Crippen LogP contribution in [0.3, 0.4) is 0 Å². The number of fused-ring (bicyclic) bond motifs is 1. The van der Waals surface area contributed by atoms with Gasteiger partial charge in [0.25, 0.3) is 11.8 Å².